The van der Waals surface area contributed by atoms with Crippen LogP contribution >= 0.6 is 0 Å². The van der Waals surface area contributed by atoms with Gasteiger partial charge in [-0.3, -0.25) is 5.41 Å². The van der Waals surface area contributed by atoms with Crippen molar-refractivity contribution in [3.63, 3.8) is 0 Å². The summed E-state index contributed by atoms with van der Waals surface area (Å²) in [5, 5.41) is 6.80. The summed E-state index contributed by atoms with van der Waals surface area (Å²) < 4.78 is 0. The van der Waals surface area contributed by atoms with Gasteiger partial charge < -0.3 is 4.90 Å². The molecule has 0 rings (SSSR count). The molecular weight excluding hydrogens is 124 g/mol. The fraction of sp³-hybridized carbons (Fsp3) is 0.625. The lowest BCUT2D eigenvalue weighted by Gasteiger charge is -2.10. The zero-order chi connectivity index (χ0) is 8.57. The maximum atomic E-state index is 6.80. The summed E-state index contributed by atoms with van der Waals surface area (Å²) in [6.45, 7) is 7.92. The van der Waals surface area contributed by atoms with E-state index in [1.165, 1.54) is 6.34 Å². The highest BCUT2D eigenvalue weighted by molar-refractivity contribution is 5.53. The molecule has 0 aliphatic rings. The Morgan fingerprint density at radius 1 is 1.40 bits per heavy atom. The topological polar surface area (TPSA) is 27.1 Å². The largest absolute Gasteiger partial charge is 0.340 e. The van der Waals surface area contributed by atoms with E-state index in [4.69, 9.17) is 5.41 Å². The molecule has 0 spiro atoms. The SMILES string of the molecule is C/C=C(/C)N(C)C=N.CC. The van der Waals surface area contributed by atoms with Crippen molar-refractivity contribution >= 4 is 6.34 Å². The Balaban J connectivity index is 0. The van der Waals surface area contributed by atoms with Gasteiger partial charge in [-0.05, 0) is 13.8 Å². The quantitative estimate of drug-likeness (QED) is 0.465. The molecule has 0 aliphatic carbocycles. The molecule has 0 unspecified atom stereocenters. The van der Waals surface area contributed by atoms with Crippen LogP contribution in [0.1, 0.15) is 27.7 Å². The second-order valence-corrected chi connectivity index (χ2v) is 1.67. The third-order valence-corrected chi connectivity index (χ3v) is 1.17. The molecule has 0 aromatic rings. The van der Waals surface area contributed by atoms with Gasteiger partial charge in [0, 0.05) is 12.7 Å². The van der Waals surface area contributed by atoms with Crippen LogP contribution in [-0.2, 0) is 0 Å². The summed E-state index contributed by atoms with van der Waals surface area (Å²) in [7, 11) is 1.85. The van der Waals surface area contributed by atoms with E-state index in [0.29, 0.717) is 0 Å². The van der Waals surface area contributed by atoms with Crippen molar-refractivity contribution in [2.24, 2.45) is 0 Å². The fourth-order valence-corrected chi connectivity index (χ4v) is 0.305. The van der Waals surface area contributed by atoms with Crippen LogP contribution in [0.5, 0.6) is 0 Å². The van der Waals surface area contributed by atoms with E-state index in [9.17, 15) is 0 Å². The lowest BCUT2D eigenvalue weighted by Crippen LogP contribution is -2.11. The lowest BCUT2D eigenvalue weighted by atomic mass is 10.4. The first-order valence-electron chi connectivity index (χ1n) is 3.58. The summed E-state index contributed by atoms with van der Waals surface area (Å²) in [5.41, 5.74) is 1.10. The zero-order valence-electron chi connectivity index (χ0n) is 7.60. The molecule has 0 aromatic carbocycles. The van der Waals surface area contributed by atoms with Crippen molar-refractivity contribution in [3.8, 4) is 0 Å². The smallest absolute Gasteiger partial charge is 0.0856 e. The summed E-state index contributed by atoms with van der Waals surface area (Å²) >= 11 is 0. The van der Waals surface area contributed by atoms with Gasteiger partial charge in [-0.15, -0.1) is 0 Å². The van der Waals surface area contributed by atoms with Crippen molar-refractivity contribution in [2.45, 2.75) is 27.7 Å². The highest BCUT2D eigenvalue weighted by Gasteiger charge is 1.87. The van der Waals surface area contributed by atoms with Crippen LogP contribution < -0.4 is 0 Å². The second kappa shape index (κ2) is 8.21. The number of nitrogens with one attached hydrogen (secondary N) is 1. The minimum atomic E-state index is 1.10. The van der Waals surface area contributed by atoms with Gasteiger partial charge in [-0.1, -0.05) is 19.9 Å². The molecule has 0 amide bonds. The van der Waals surface area contributed by atoms with Gasteiger partial charge in [0.2, 0.25) is 0 Å². The van der Waals surface area contributed by atoms with Gasteiger partial charge >= 0.3 is 0 Å². The van der Waals surface area contributed by atoms with Crippen LogP contribution in [0.4, 0.5) is 0 Å². The van der Waals surface area contributed by atoms with Gasteiger partial charge in [0.25, 0.3) is 0 Å². The monoisotopic (exact) mass is 142 g/mol. The van der Waals surface area contributed by atoms with Crippen LogP contribution in [0, 0.1) is 5.41 Å². The van der Waals surface area contributed by atoms with E-state index < -0.39 is 0 Å². The molecule has 0 fully saturated rings. The molecule has 0 aliphatic heterocycles. The highest BCUT2D eigenvalue weighted by Crippen LogP contribution is 1.93. The van der Waals surface area contributed by atoms with Crippen molar-refractivity contribution in [1.82, 2.24) is 4.90 Å². The third-order valence-electron chi connectivity index (χ3n) is 1.17. The van der Waals surface area contributed by atoms with E-state index >= 15 is 0 Å². The van der Waals surface area contributed by atoms with E-state index in [-0.39, 0.29) is 0 Å². The van der Waals surface area contributed by atoms with E-state index in [2.05, 4.69) is 0 Å². The van der Waals surface area contributed by atoms with Crippen molar-refractivity contribution in [1.29, 1.82) is 5.41 Å². The molecule has 0 radical (unpaired) electrons. The molecule has 0 saturated carbocycles. The van der Waals surface area contributed by atoms with Gasteiger partial charge in [0.05, 0.1) is 6.34 Å². The summed E-state index contributed by atoms with van der Waals surface area (Å²) in [5.74, 6) is 0. The molecule has 2 nitrogen and oxygen atoms in total. The predicted molar refractivity (Wildman–Crippen MR) is 47.3 cm³/mol. The lowest BCUT2D eigenvalue weighted by molar-refractivity contribution is 0.640. The zero-order valence-corrected chi connectivity index (χ0v) is 7.60. The first-order valence-corrected chi connectivity index (χ1v) is 3.58. The van der Waals surface area contributed by atoms with E-state index in [1.54, 1.807) is 4.90 Å². The van der Waals surface area contributed by atoms with Crippen LogP contribution in [0.3, 0.4) is 0 Å². The average molecular weight is 142 g/mol. The average Bonchev–Trinajstić information content (AvgIpc) is 2.05. The predicted octanol–water partition coefficient (Wildman–Crippen LogP) is 2.48. The molecule has 10 heavy (non-hydrogen) atoms. The van der Waals surface area contributed by atoms with Crippen LogP contribution in [0.15, 0.2) is 11.8 Å². The van der Waals surface area contributed by atoms with Crippen LogP contribution in [0.25, 0.3) is 0 Å². The Morgan fingerprint density at radius 2 is 1.80 bits per heavy atom. The summed E-state index contributed by atoms with van der Waals surface area (Å²) in [6.07, 6.45) is 3.25. The number of hydrogen-bond donors (Lipinski definition) is 1. The molecule has 0 aromatic heterocycles. The molecule has 0 atom stereocenters. The maximum absolute atomic E-state index is 6.80. The highest BCUT2D eigenvalue weighted by atomic mass is 15.1. The molecule has 1 N–H and O–H groups in total. The number of nitrogens with zero attached hydrogens (tertiary/aromatic N) is 1. The van der Waals surface area contributed by atoms with Crippen molar-refractivity contribution in [3.05, 3.63) is 11.8 Å². The van der Waals surface area contributed by atoms with Gasteiger partial charge in [0.15, 0.2) is 0 Å². The van der Waals surface area contributed by atoms with Crippen molar-refractivity contribution < 1.29 is 0 Å². The minimum Gasteiger partial charge on any atom is -0.340 e. The molecule has 0 heterocycles. The molecule has 0 bridgehead atoms. The Morgan fingerprint density at radius 3 is 1.90 bits per heavy atom. The maximum Gasteiger partial charge on any atom is 0.0856 e. The second-order valence-electron chi connectivity index (χ2n) is 1.67. The standard InChI is InChI=1S/C6H12N2.C2H6/c1-4-6(2)8(3)5-7;1-2/h4-5,7H,1-3H3;1-2H3/b6-4-,7-5?;. The normalized spacial score (nSPS) is 9.50. The van der Waals surface area contributed by atoms with Crippen LogP contribution in [-0.4, -0.2) is 18.3 Å². The van der Waals surface area contributed by atoms with Gasteiger partial charge in [0.1, 0.15) is 0 Å². The number of hydrogen-bond acceptors (Lipinski definition) is 1. The first-order chi connectivity index (χ1) is 4.72. The first kappa shape index (κ1) is 11.9. The molecule has 2 heteroatoms. The summed E-state index contributed by atoms with van der Waals surface area (Å²) in [4.78, 5) is 1.75. The Bertz CT molecular complexity index is 106. The fourth-order valence-electron chi connectivity index (χ4n) is 0.305. The van der Waals surface area contributed by atoms with Gasteiger partial charge in [-0.2, -0.15) is 0 Å². The minimum absolute atomic E-state index is 1.10. The molecule has 60 valence electrons. The van der Waals surface area contributed by atoms with Crippen molar-refractivity contribution in [2.75, 3.05) is 7.05 Å². The molecule has 0 saturated heterocycles. The van der Waals surface area contributed by atoms with E-state index in [1.807, 2.05) is 40.8 Å². The third kappa shape index (κ3) is 5.35. The number of rotatable bonds is 2. The summed E-state index contributed by atoms with van der Waals surface area (Å²) in [6, 6.07) is 0. The molecular formula is C8H18N2. The Labute approximate surface area is 64.1 Å². The van der Waals surface area contributed by atoms with E-state index in [0.717, 1.165) is 5.70 Å². The Hall–Kier alpha value is -0.790. The van der Waals surface area contributed by atoms with Crippen LogP contribution in [0.2, 0.25) is 0 Å². The Kier molecular flexibility index (Phi) is 9.80. The number of allylic oxidation sites excluding steroid dienone is 2. The van der Waals surface area contributed by atoms with Gasteiger partial charge in [-0.25, -0.2) is 0 Å².